The van der Waals surface area contributed by atoms with Gasteiger partial charge in [0.05, 0.1) is 5.52 Å². The maximum Gasteiger partial charge on any atom is 0.326 e. The van der Waals surface area contributed by atoms with Crippen LogP contribution in [0.3, 0.4) is 0 Å². The Morgan fingerprint density at radius 1 is 1.41 bits per heavy atom. The van der Waals surface area contributed by atoms with Crippen molar-refractivity contribution in [2.24, 2.45) is 0 Å². The number of fused-ring (bicyclic) bond motifs is 1. The predicted molar refractivity (Wildman–Crippen MR) is 94.1 cm³/mol. The number of imidazole rings is 1. The van der Waals surface area contributed by atoms with Gasteiger partial charge < -0.3 is 10.7 Å². The van der Waals surface area contributed by atoms with E-state index in [0.717, 1.165) is 37.0 Å². The Morgan fingerprint density at radius 3 is 2.95 bits per heavy atom. The number of H-pyrrole nitrogens is 1. The monoisotopic (exact) mass is 323 g/mol. The van der Waals surface area contributed by atoms with Crippen molar-refractivity contribution in [1.29, 1.82) is 0 Å². The maximum absolute atomic E-state index is 12.1. The zero-order valence-electron chi connectivity index (χ0n) is 13.3. The molecule has 0 spiro atoms. The first kappa shape index (κ1) is 16.9. The number of hydrogen-bond donors (Lipinski definition) is 3. The van der Waals surface area contributed by atoms with E-state index < -0.39 is 0 Å². The fourth-order valence-corrected chi connectivity index (χ4v) is 2.89. The summed E-state index contributed by atoms with van der Waals surface area (Å²) in [5.41, 5.74) is 8.39. The Morgan fingerprint density at radius 2 is 2.23 bits per heavy atom. The third-order valence-corrected chi connectivity index (χ3v) is 4.18. The predicted octanol–water partition coefficient (Wildman–Crippen LogP) is 2.30. The lowest BCUT2D eigenvalue weighted by atomic mass is 10.1. The van der Waals surface area contributed by atoms with Crippen molar-refractivity contribution in [1.82, 2.24) is 19.3 Å². The largest absolute Gasteiger partial charge is 0.382 e. The Hall–Kier alpha value is -1.47. The average molecular weight is 323 g/mol. The van der Waals surface area contributed by atoms with E-state index in [4.69, 9.17) is 5.73 Å². The number of aryl methyl sites for hydroxylation is 2. The topological polar surface area (TPSA) is 88.7 Å². The molecule has 0 saturated heterocycles. The molecule has 0 unspecified atom stereocenters. The molecule has 0 aliphatic carbocycles. The van der Waals surface area contributed by atoms with Crippen LogP contribution in [0.4, 0.5) is 5.82 Å². The van der Waals surface area contributed by atoms with Crippen LogP contribution in [0.25, 0.3) is 11.0 Å². The molecule has 2 aromatic heterocycles. The molecule has 0 aliphatic heterocycles. The highest BCUT2D eigenvalue weighted by Crippen LogP contribution is 2.19. The van der Waals surface area contributed by atoms with Crippen LogP contribution in [0.1, 0.15) is 38.3 Å². The molecule has 0 bridgehead atoms. The van der Waals surface area contributed by atoms with Crippen LogP contribution in [0.15, 0.2) is 10.9 Å². The van der Waals surface area contributed by atoms with Crippen molar-refractivity contribution < 1.29 is 0 Å². The van der Waals surface area contributed by atoms with Crippen molar-refractivity contribution in [3.05, 3.63) is 22.2 Å². The van der Waals surface area contributed by atoms with Gasteiger partial charge in [-0.15, -0.1) is 0 Å². The van der Waals surface area contributed by atoms with Crippen LogP contribution in [0, 0.1) is 0 Å². The number of pyridine rings is 1. The number of aromatic nitrogens is 3. The van der Waals surface area contributed by atoms with E-state index >= 15 is 0 Å². The van der Waals surface area contributed by atoms with Gasteiger partial charge in [-0.2, -0.15) is 0 Å². The van der Waals surface area contributed by atoms with Gasteiger partial charge in [0, 0.05) is 18.8 Å². The third-order valence-electron chi connectivity index (χ3n) is 3.69. The van der Waals surface area contributed by atoms with Gasteiger partial charge in [-0.1, -0.05) is 31.7 Å². The number of nitrogen functional groups attached to an aromatic ring is 1. The minimum absolute atomic E-state index is 0.113. The van der Waals surface area contributed by atoms with E-state index in [1.54, 1.807) is 16.5 Å². The van der Waals surface area contributed by atoms with Crippen molar-refractivity contribution >= 4 is 28.8 Å². The number of unbranched alkanes of at least 4 members (excludes halogenated alkanes) is 2. The van der Waals surface area contributed by atoms with Gasteiger partial charge in [0.15, 0.2) is 0 Å². The minimum Gasteiger partial charge on any atom is -0.382 e. The van der Waals surface area contributed by atoms with E-state index in [1.807, 2.05) is 12.3 Å². The molecule has 0 aromatic carbocycles. The van der Waals surface area contributed by atoms with E-state index in [-0.39, 0.29) is 5.69 Å². The molecule has 2 heterocycles. The molecule has 122 valence electrons. The molecule has 7 heteroatoms. The smallest absolute Gasteiger partial charge is 0.326 e. The summed E-state index contributed by atoms with van der Waals surface area (Å²) in [6.07, 6.45) is 7.24. The van der Waals surface area contributed by atoms with Gasteiger partial charge in [-0.25, -0.2) is 9.78 Å². The second-order valence-corrected chi connectivity index (χ2v) is 6.08. The second-order valence-electron chi connectivity index (χ2n) is 5.38. The van der Waals surface area contributed by atoms with E-state index in [0.29, 0.717) is 17.9 Å². The maximum atomic E-state index is 12.1. The molecule has 0 aliphatic rings. The first-order valence-corrected chi connectivity index (χ1v) is 9.03. The standard InChI is InChI=1S/C15H25N5OS/c1-3-4-5-7-11-10-12-13(14(16)18-11)19-15(21)20(12)9-6-8-17-22-2/h10,17H,3-9H2,1-2H3,(H2,16,18)(H,19,21). The van der Waals surface area contributed by atoms with Crippen LogP contribution >= 0.6 is 11.9 Å². The van der Waals surface area contributed by atoms with Crippen LogP contribution in [-0.2, 0) is 13.0 Å². The molecular weight excluding hydrogens is 298 g/mol. The highest BCUT2D eigenvalue weighted by Gasteiger charge is 2.11. The van der Waals surface area contributed by atoms with E-state index in [9.17, 15) is 4.79 Å². The third kappa shape index (κ3) is 4.04. The number of nitrogens with one attached hydrogen (secondary N) is 2. The van der Waals surface area contributed by atoms with Crippen LogP contribution < -0.4 is 16.1 Å². The van der Waals surface area contributed by atoms with Crippen molar-refractivity contribution in [3.8, 4) is 0 Å². The zero-order valence-corrected chi connectivity index (χ0v) is 14.1. The molecule has 0 saturated carbocycles. The Bertz CT molecular complexity index is 664. The van der Waals surface area contributed by atoms with Crippen LogP contribution in [-0.4, -0.2) is 27.3 Å². The van der Waals surface area contributed by atoms with Gasteiger partial charge in [-0.05, 0) is 31.6 Å². The highest BCUT2D eigenvalue weighted by molar-refractivity contribution is 7.96. The van der Waals surface area contributed by atoms with Gasteiger partial charge in [-0.3, -0.25) is 9.29 Å². The summed E-state index contributed by atoms with van der Waals surface area (Å²) < 4.78 is 4.95. The lowest BCUT2D eigenvalue weighted by Gasteiger charge is -2.06. The molecule has 0 fully saturated rings. The lowest BCUT2D eigenvalue weighted by molar-refractivity contribution is 0.636. The fraction of sp³-hybridized carbons (Fsp3) is 0.600. The van der Waals surface area contributed by atoms with Crippen molar-refractivity contribution in [2.75, 3.05) is 18.5 Å². The summed E-state index contributed by atoms with van der Waals surface area (Å²) in [5.74, 6) is 0.419. The average Bonchev–Trinajstić information content (AvgIpc) is 2.81. The summed E-state index contributed by atoms with van der Waals surface area (Å²) in [6, 6.07) is 2.00. The molecule has 0 atom stereocenters. The first-order valence-electron chi connectivity index (χ1n) is 7.81. The van der Waals surface area contributed by atoms with Crippen molar-refractivity contribution in [3.63, 3.8) is 0 Å². The SMILES string of the molecule is CCCCCc1cc2c([nH]c(=O)n2CCCNSC)c(N)n1. The highest BCUT2D eigenvalue weighted by atomic mass is 32.2. The summed E-state index contributed by atoms with van der Waals surface area (Å²) >= 11 is 1.59. The van der Waals surface area contributed by atoms with E-state index in [2.05, 4.69) is 21.6 Å². The molecule has 6 nitrogen and oxygen atoms in total. The number of aromatic amines is 1. The number of hydrogen-bond acceptors (Lipinski definition) is 5. The molecule has 0 amide bonds. The molecule has 22 heavy (non-hydrogen) atoms. The lowest BCUT2D eigenvalue weighted by Crippen LogP contribution is -2.19. The fourth-order valence-electron chi connectivity index (χ4n) is 2.55. The Labute approximate surface area is 135 Å². The van der Waals surface area contributed by atoms with Crippen molar-refractivity contribution in [2.45, 2.75) is 45.6 Å². The van der Waals surface area contributed by atoms with Gasteiger partial charge >= 0.3 is 5.69 Å². The second kappa shape index (κ2) is 8.24. The zero-order chi connectivity index (χ0) is 15.9. The first-order chi connectivity index (χ1) is 10.7. The summed E-state index contributed by atoms with van der Waals surface area (Å²) in [7, 11) is 0. The minimum atomic E-state index is -0.113. The van der Waals surface area contributed by atoms with Crippen LogP contribution in [0.2, 0.25) is 0 Å². The number of rotatable bonds is 9. The van der Waals surface area contributed by atoms with E-state index in [1.165, 1.54) is 12.8 Å². The van der Waals surface area contributed by atoms with Gasteiger partial charge in [0.1, 0.15) is 11.3 Å². The molecule has 0 radical (unpaired) electrons. The molecule has 2 rings (SSSR count). The summed E-state index contributed by atoms with van der Waals surface area (Å²) in [5, 5.41) is 0. The molecular formula is C15H25N5OS. The molecule has 2 aromatic rings. The summed E-state index contributed by atoms with van der Waals surface area (Å²) in [6.45, 7) is 3.71. The summed E-state index contributed by atoms with van der Waals surface area (Å²) in [4.78, 5) is 19.4. The number of nitrogens with two attached hydrogens (primary N) is 1. The quantitative estimate of drug-likeness (QED) is 0.487. The molecule has 4 N–H and O–H groups in total. The number of anilines is 1. The Kier molecular flexibility index (Phi) is 6.33. The Balaban J connectivity index is 2.23. The number of nitrogens with zero attached hydrogens (tertiary/aromatic N) is 2. The van der Waals surface area contributed by atoms with Crippen LogP contribution in [0.5, 0.6) is 0 Å². The van der Waals surface area contributed by atoms with Gasteiger partial charge in [0.25, 0.3) is 0 Å². The van der Waals surface area contributed by atoms with Gasteiger partial charge in [0.2, 0.25) is 0 Å². The normalized spacial score (nSPS) is 11.4.